The van der Waals surface area contributed by atoms with Crippen LogP contribution in [0, 0.1) is 10.1 Å². The molecule has 0 aromatic carbocycles. The molecule has 10 heteroatoms. The molecule has 2 N–H and O–H groups in total. The Balaban J connectivity index is 1.54. The number of thioether (sulfide) groups is 1. The minimum absolute atomic E-state index is 0.0905. The lowest BCUT2D eigenvalue weighted by atomic mass is 10.1. The highest BCUT2D eigenvalue weighted by Crippen LogP contribution is 2.31. The molecule has 3 rings (SSSR count). The first-order chi connectivity index (χ1) is 10.4. The van der Waals surface area contributed by atoms with E-state index in [1.807, 2.05) is 13.8 Å². The summed E-state index contributed by atoms with van der Waals surface area (Å²) in [5, 5.41) is 15.8. The van der Waals surface area contributed by atoms with Crippen molar-refractivity contribution in [3.8, 4) is 0 Å². The lowest BCUT2D eigenvalue weighted by Crippen LogP contribution is -2.52. The summed E-state index contributed by atoms with van der Waals surface area (Å²) >= 11 is 1.69. The largest absolute Gasteiger partial charge is 0.371 e. The molecule has 3 heterocycles. The highest BCUT2D eigenvalue weighted by molar-refractivity contribution is 8.00. The number of ether oxygens (including phenoxy) is 2. The van der Waals surface area contributed by atoms with Gasteiger partial charge in [-0.2, -0.15) is 0 Å². The number of nitrogens with zero attached hydrogens (tertiary/aromatic N) is 1. The van der Waals surface area contributed by atoms with Crippen molar-refractivity contribution in [2.24, 2.45) is 0 Å². The molecule has 1 amide bonds. The van der Waals surface area contributed by atoms with Crippen LogP contribution in [0.15, 0.2) is 0 Å². The van der Waals surface area contributed by atoms with Gasteiger partial charge < -0.3 is 19.6 Å². The molecule has 0 radical (unpaired) electrons. The fourth-order valence-corrected chi connectivity index (χ4v) is 4.05. The van der Waals surface area contributed by atoms with Crippen molar-refractivity contribution >= 4 is 17.7 Å². The number of hydrogen-bond donors (Lipinski definition) is 2. The predicted molar refractivity (Wildman–Crippen MR) is 76.7 cm³/mol. The van der Waals surface area contributed by atoms with Crippen LogP contribution in [0.5, 0.6) is 0 Å². The van der Waals surface area contributed by atoms with E-state index < -0.39 is 23.4 Å². The molecule has 3 saturated heterocycles. The summed E-state index contributed by atoms with van der Waals surface area (Å²) in [6.45, 7) is 4.41. The molecule has 124 valence electrons. The van der Waals surface area contributed by atoms with Crippen molar-refractivity contribution in [3.63, 3.8) is 0 Å². The average molecular weight is 333 g/mol. The molecule has 0 aromatic heterocycles. The molecule has 9 nitrogen and oxygen atoms in total. The van der Waals surface area contributed by atoms with Gasteiger partial charge in [0.2, 0.25) is 5.91 Å². The normalized spacial score (nSPS) is 39.5. The van der Waals surface area contributed by atoms with E-state index in [1.165, 1.54) is 0 Å². The maximum absolute atomic E-state index is 12.3. The SMILES string of the molecule is CC1(C)N[C@H](C(=O)N[C@H]2CO[C@H]3[C@@H]2OC[C@@H]3O[N+](=O)[O-])CS1. The maximum Gasteiger partial charge on any atom is 0.294 e. The Hall–Kier alpha value is -1.10. The van der Waals surface area contributed by atoms with E-state index in [2.05, 4.69) is 15.5 Å². The minimum Gasteiger partial charge on any atom is -0.371 e. The second-order valence-corrected chi connectivity index (χ2v) is 7.74. The Labute approximate surface area is 131 Å². The van der Waals surface area contributed by atoms with Crippen molar-refractivity contribution in [1.82, 2.24) is 10.6 Å². The zero-order valence-corrected chi connectivity index (χ0v) is 13.1. The van der Waals surface area contributed by atoms with E-state index in [1.54, 1.807) is 11.8 Å². The fourth-order valence-electron chi connectivity index (χ4n) is 3.01. The average Bonchev–Trinajstić information content (AvgIpc) is 3.07. The third-order valence-electron chi connectivity index (χ3n) is 4.01. The van der Waals surface area contributed by atoms with E-state index in [-0.39, 0.29) is 36.1 Å². The van der Waals surface area contributed by atoms with Gasteiger partial charge in [0.05, 0.1) is 30.2 Å². The Morgan fingerprint density at radius 2 is 2.14 bits per heavy atom. The predicted octanol–water partition coefficient (Wildman–Crippen LogP) is -0.713. The molecule has 22 heavy (non-hydrogen) atoms. The molecule has 3 fully saturated rings. The number of fused-ring (bicyclic) bond motifs is 1. The van der Waals surface area contributed by atoms with Gasteiger partial charge in [-0.3, -0.25) is 10.1 Å². The lowest BCUT2D eigenvalue weighted by molar-refractivity contribution is -0.769. The van der Waals surface area contributed by atoms with Crippen LogP contribution in [-0.4, -0.2) is 65.2 Å². The van der Waals surface area contributed by atoms with E-state index in [0.29, 0.717) is 5.75 Å². The van der Waals surface area contributed by atoms with Crippen molar-refractivity contribution in [3.05, 3.63) is 10.1 Å². The molecule has 5 atom stereocenters. The number of rotatable bonds is 4. The van der Waals surface area contributed by atoms with Crippen LogP contribution < -0.4 is 10.6 Å². The molecule has 0 aromatic rings. The van der Waals surface area contributed by atoms with Crippen LogP contribution in [0.2, 0.25) is 0 Å². The summed E-state index contributed by atoms with van der Waals surface area (Å²) in [5.41, 5.74) is 0. The molecule has 3 aliphatic rings. The molecule has 0 aliphatic carbocycles. The van der Waals surface area contributed by atoms with E-state index in [0.717, 1.165) is 0 Å². The zero-order chi connectivity index (χ0) is 15.9. The van der Waals surface area contributed by atoms with Gasteiger partial charge in [0.1, 0.15) is 12.2 Å². The molecule has 0 saturated carbocycles. The number of carbonyl (C=O) groups excluding carboxylic acids is 1. The topological polar surface area (TPSA) is 112 Å². The van der Waals surface area contributed by atoms with E-state index in [9.17, 15) is 14.9 Å². The maximum atomic E-state index is 12.3. The van der Waals surface area contributed by atoms with Gasteiger partial charge in [-0.1, -0.05) is 0 Å². The van der Waals surface area contributed by atoms with Gasteiger partial charge in [0.25, 0.3) is 5.09 Å². The molecular weight excluding hydrogens is 314 g/mol. The lowest BCUT2D eigenvalue weighted by Gasteiger charge is -2.21. The van der Waals surface area contributed by atoms with Crippen LogP contribution in [0.4, 0.5) is 0 Å². The van der Waals surface area contributed by atoms with Gasteiger partial charge in [-0.05, 0) is 13.8 Å². The Morgan fingerprint density at radius 1 is 1.41 bits per heavy atom. The summed E-state index contributed by atoms with van der Waals surface area (Å²) in [6.07, 6.45) is -1.66. The van der Waals surface area contributed by atoms with Crippen LogP contribution in [0.1, 0.15) is 13.8 Å². The second-order valence-electron chi connectivity index (χ2n) is 6.10. The summed E-state index contributed by atoms with van der Waals surface area (Å²) in [7, 11) is 0. The summed E-state index contributed by atoms with van der Waals surface area (Å²) < 4.78 is 11.0. The Bertz CT molecular complexity index is 476. The van der Waals surface area contributed by atoms with Gasteiger partial charge in [0, 0.05) is 5.75 Å². The van der Waals surface area contributed by atoms with Gasteiger partial charge in [-0.25, -0.2) is 0 Å². The summed E-state index contributed by atoms with van der Waals surface area (Å²) in [6, 6.07) is -0.570. The quantitative estimate of drug-likeness (QED) is 0.512. The van der Waals surface area contributed by atoms with Gasteiger partial charge in [0.15, 0.2) is 6.10 Å². The van der Waals surface area contributed by atoms with Crippen LogP contribution in [0.3, 0.4) is 0 Å². The highest BCUT2D eigenvalue weighted by Gasteiger charge is 2.50. The standard InChI is InChI=1S/C12H19N3O6S/c1-12(2)14-7(5-22-12)11(16)13-6-3-19-10-8(21-15(17)18)4-20-9(6)10/h6-10,14H,3-5H2,1-2H3,(H,13,16)/t6-,7-,8-,9+,10+/m0/s1. The molecule has 0 spiro atoms. The van der Waals surface area contributed by atoms with Crippen LogP contribution in [0.25, 0.3) is 0 Å². The molecule has 0 unspecified atom stereocenters. The van der Waals surface area contributed by atoms with E-state index in [4.69, 9.17) is 9.47 Å². The van der Waals surface area contributed by atoms with Crippen molar-refractivity contribution < 1.29 is 24.2 Å². The Morgan fingerprint density at radius 3 is 2.77 bits per heavy atom. The smallest absolute Gasteiger partial charge is 0.294 e. The van der Waals surface area contributed by atoms with Crippen molar-refractivity contribution in [2.75, 3.05) is 19.0 Å². The first kappa shape index (κ1) is 15.8. The molecular formula is C12H19N3O6S. The highest BCUT2D eigenvalue weighted by atomic mass is 32.2. The van der Waals surface area contributed by atoms with Crippen molar-refractivity contribution in [1.29, 1.82) is 0 Å². The number of carbonyl (C=O) groups is 1. The van der Waals surface area contributed by atoms with Crippen molar-refractivity contribution in [2.45, 2.75) is 49.1 Å². The third kappa shape index (κ3) is 3.14. The zero-order valence-electron chi connectivity index (χ0n) is 12.3. The monoisotopic (exact) mass is 333 g/mol. The molecule has 0 bridgehead atoms. The Kier molecular flexibility index (Phi) is 4.19. The van der Waals surface area contributed by atoms with Crippen LogP contribution >= 0.6 is 11.8 Å². The third-order valence-corrected chi connectivity index (χ3v) is 5.35. The van der Waals surface area contributed by atoms with E-state index >= 15 is 0 Å². The van der Waals surface area contributed by atoms with Gasteiger partial charge in [-0.15, -0.1) is 21.9 Å². The second kappa shape index (κ2) is 5.84. The number of hydrogen-bond acceptors (Lipinski definition) is 8. The first-order valence-electron chi connectivity index (χ1n) is 7.12. The summed E-state index contributed by atoms with van der Waals surface area (Å²) in [5.74, 6) is 0.601. The minimum atomic E-state index is -0.840. The first-order valence-corrected chi connectivity index (χ1v) is 8.11. The number of nitrogens with one attached hydrogen (secondary N) is 2. The number of amides is 1. The summed E-state index contributed by atoms with van der Waals surface area (Å²) in [4.78, 5) is 27.2. The fraction of sp³-hybridized carbons (Fsp3) is 0.917. The van der Waals surface area contributed by atoms with Gasteiger partial charge >= 0.3 is 0 Å². The van der Waals surface area contributed by atoms with Crippen LogP contribution in [-0.2, 0) is 19.1 Å². The molecule has 3 aliphatic heterocycles.